The van der Waals surface area contributed by atoms with Crippen LogP contribution in [-0.2, 0) is 19.2 Å². The molecule has 0 radical (unpaired) electrons. The van der Waals surface area contributed by atoms with E-state index in [1.54, 1.807) is 0 Å². The predicted octanol–water partition coefficient (Wildman–Crippen LogP) is 0.522. The van der Waals surface area contributed by atoms with Crippen LogP contribution in [0.25, 0.3) is 0 Å². The van der Waals surface area contributed by atoms with Crippen molar-refractivity contribution in [1.82, 2.24) is 0 Å². The summed E-state index contributed by atoms with van der Waals surface area (Å²) in [6.07, 6.45) is 1.40. The molecule has 0 aliphatic heterocycles. The summed E-state index contributed by atoms with van der Waals surface area (Å²) in [6, 6.07) is 0. The molecule has 0 saturated carbocycles. The minimum Gasteiger partial charge on any atom is -0.289 e. The highest BCUT2D eigenvalue weighted by molar-refractivity contribution is 6.74. The van der Waals surface area contributed by atoms with Crippen molar-refractivity contribution in [2.75, 3.05) is 0 Å². The van der Waals surface area contributed by atoms with Crippen LogP contribution in [0.2, 0.25) is 0 Å². The molecule has 0 aromatic heterocycles. The Bertz CT molecular complexity index is 377. The van der Waals surface area contributed by atoms with E-state index in [0.717, 1.165) is 0 Å². The molecule has 0 aromatic carbocycles. The van der Waals surface area contributed by atoms with Gasteiger partial charge in [0.05, 0.1) is 11.1 Å². The molecule has 72 valence electrons. The smallest absolute Gasteiger partial charge is 0.256 e. The average Bonchev–Trinajstić information content (AvgIpc) is 2.07. The number of carbonyl (C=O) groups is 4. The number of hydrogen-bond donors (Lipinski definition) is 0. The van der Waals surface area contributed by atoms with Gasteiger partial charge in [0.15, 0.2) is 11.6 Å². The van der Waals surface area contributed by atoms with Gasteiger partial charge in [0.1, 0.15) is 0 Å². The Hall–Kier alpha value is -1.26. The van der Waals surface area contributed by atoms with Crippen LogP contribution in [0.3, 0.4) is 0 Å². The van der Waals surface area contributed by atoms with Gasteiger partial charge in [-0.05, 0) is 23.2 Å². The van der Waals surface area contributed by atoms with Gasteiger partial charge in [0.25, 0.3) is 10.5 Å². The minimum absolute atomic E-state index is 0.460. The van der Waals surface area contributed by atoms with Crippen LogP contribution in [0, 0.1) is 0 Å². The van der Waals surface area contributed by atoms with E-state index in [9.17, 15) is 19.2 Å². The Morgan fingerprint density at radius 1 is 0.857 bits per heavy atom. The lowest BCUT2D eigenvalue weighted by molar-refractivity contribution is -0.120. The first-order chi connectivity index (χ1) is 6.43. The number of allylic oxidation sites excluding steroid dienone is 4. The van der Waals surface area contributed by atoms with Gasteiger partial charge in [0.2, 0.25) is 0 Å². The fourth-order valence-electron chi connectivity index (χ4n) is 0.867. The number of ketones is 2. The van der Waals surface area contributed by atoms with Crippen molar-refractivity contribution in [2.45, 2.75) is 0 Å². The number of hydrogen-bond acceptors (Lipinski definition) is 4. The van der Waals surface area contributed by atoms with Crippen molar-refractivity contribution in [3.8, 4) is 0 Å². The third-order valence-electron chi connectivity index (χ3n) is 1.51. The first kappa shape index (κ1) is 10.8. The van der Waals surface area contributed by atoms with Crippen molar-refractivity contribution in [2.24, 2.45) is 0 Å². The Balaban J connectivity index is 3.14. The van der Waals surface area contributed by atoms with Crippen LogP contribution in [0.5, 0.6) is 0 Å². The maximum atomic E-state index is 11.1. The Kier molecular flexibility index (Phi) is 2.98. The van der Waals surface area contributed by atoms with E-state index >= 15 is 0 Å². The summed E-state index contributed by atoms with van der Waals surface area (Å²) in [5.74, 6) is -1.60. The molecule has 4 nitrogen and oxygen atoms in total. The lowest BCUT2D eigenvalue weighted by Crippen LogP contribution is -2.19. The number of halogens is 2. The lowest BCUT2D eigenvalue weighted by atomic mass is 9.99. The summed E-state index contributed by atoms with van der Waals surface area (Å²) in [5.41, 5.74) is -0.920. The van der Waals surface area contributed by atoms with Gasteiger partial charge in [-0.2, -0.15) is 0 Å². The summed E-state index contributed by atoms with van der Waals surface area (Å²) in [6.45, 7) is 0. The highest BCUT2D eigenvalue weighted by atomic mass is 35.5. The second-order valence-electron chi connectivity index (χ2n) is 2.39. The standard InChI is InChI=1S/C8H2Cl2O4/c9-7(13)3-1-5(11)4(8(10)14)2-6(3)12/h1-2H. The first-order valence-corrected chi connectivity index (χ1v) is 4.11. The van der Waals surface area contributed by atoms with Crippen molar-refractivity contribution in [3.05, 3.63) is 23.3 Å². The quantitative estimate of drug-likeness (QED) is 0.396. The van der Waals surface area contributed by atoms with Crippen LogP contribution in [0.1, 0.15) is 0 Å². The molecule has 0 atom stereocenters. The van der Waals surface area contributed by atoms with Gasteiger partial charge in [-0.25, -0.2) is 0 Å². The molecule has 0 unspecified atom stereocenters. The second-order valence-corrected chi connectivity index (χ2v) is 3.08. The fourth-order valence-corrected chi connectivity index (χ4v) is 1.16. The maximum absolute atomic E-state index is 11.1. The second kappa shape index (κ2) is 3.86. The normalized spacial score (nSPS) is 16.1. The number of rotatable bonds is 2. The highest BCUT2D eigenvalue weighted by Crippen LogP contribution is 2.15. The summed E-state index contributed by atoms with van der Waals surface area (Å²) >= 11 is 10.0. The van der Waals surface area contributed by atoms with E-state index < -0.39 is 33.2 Å². The van der Waals surface area contributed by atoms with Crippen molar-refractivity contribution >= 4 is 45.3 Å². The Labute approximate surface area is 88.2 Å². The highest BCUT2D eigenvalue weighted by Gasteiger charge is 2.26. The maximum Gasteiger partial charge on any atom is 0.256 e. The molecule has 0 heterocycles. The van der Waals surface area contributed by atoms with Crippen LogP contribution < -0.4 is 0 Å². The zero-order chi connectivity index (χ0) is 10.9. The van der Waals surface area contributed by atoms with Crippen molar-refractivity contribution < 1.29 is 19.2 Å². The predicted molar refractivity (Wildman–Crippen MR) is 47.9 cm³/mol. The zero-order valence-electron chi connectivity index (χ0n) is 6.54. The molecule has 0 bridgehead atoms. The SMILES string of the molecule is O=C(Cl)C1=CC(=O)C(C(=O)Cl)=CC1=O. The van der Waals surface area contributed by atoms with E-state index in [0.29, 0.717) is 12.2 Å². The molecule has 1 rings (SSSR count). The van der Waals surface area contributed by atoms with Crippen LogP contribution >= 0.6 is 23.2 Å². The zero-order valence-corrected chi connectivity index (χ0v) is 8.06. The summed E-state index contributed by atoms with van der Waals surface area (Å²) in [4.78, 5) is 43.4. The average molecular weight is 233 g/mol. The topological polar surface area (TPSA) is 68.3 Å². The third kappa shape index (κ3) is 1.97. The molecule has 0 spiro atoms. The summed E-state index contributed by atoms with van der Waals surface area (Å²) < 4.78 is 0. The fraction of sp³-hybridized carbons (Fsp3) is 0. The van der Waals surface area contributed by atoms with E-state index in [1.165, 1.54) is 0 Å². The molecule has 0 saturated heterocycles. The van der Waals surface area contributed by atoms with Crippen molar-refractivity contribution in [1.29, 1.82) is 0 Å². The van der Waals surface area contributed by atoms with Gasteiger partial charge < -0.3 is 0 Å². The van der Waals surface area contributed by atoms with Crippen molar-refractivity contribution in [3.63, 3.8) is 0 Å². The summed E-state index contributed by atoms with van der Waals surface area (Å²) in [7, 11) is 0. The molecular weight excluding hydrogens is 231 g/mol. The largest absolute Gasteiger partial charge is 0.289 e. The van der Waals surface area contributed by atoms with Gasteiger partial charge in [-0.3, -0.25) is 19.2 Å². The van der Waals surface area contributed by atoms with Gasteiger partial charge in [0, 0.05) is 12.2 Å². The molecular formula is C8H2Cl2O4. The molecule has 0 amide bonds. The van der Waals surface area contributed by atoms with Crippen LogP contribution in [0.15, 0.2) is 23.3 Å². The molecule has 6 heteroatoms. The minimum atomic E-state index is -1.04. The van der Waals surface area contributed by atoms with Gasteiger partial charge in [-0.15, -0.1) is 0 Å². The number of carbonyl (C=O) groups excluding carboxylic acids is 4. The third-order valence-corrected chi connectivity index (χ3v) is 1.91. The van der Waals surface area contributed by atoms with E-state index in [-0.39, 0.29) is 0 Å². The monoisotopic (exact) mass is 232 g/mol. The Morgan fingerprint density at radius 2 is 1.14 bits per heavy atom. The summed E-state index contributed by atoms with van der Waals surface area (Å²) in [5, 5.41) is -2.08. The van der Waals surface area contributed by atoms with Crippen LogP contribution in [-0.4, -0.2) is 22.1 Å². The molecule has 0 aromatic rings. The molecule has 1 aliphatic carbocycles. The molecule has 1 aliphatic rings. The molecule has 0 N–H and O–H groups in total. The molecule has 14 heavy (non-hydrogen) atoms. The van der Waals surface area contributed by atoms with E-state index in [1.807, 2.05) is 0 Å². The first-order valence-electron chi connectivity index (χ1n) is 3.35. The van der Waals surface area contributed by atoms with E-state index in [2.05, 4.69) is 0 Å². The van der Waals surface area contributed by atoms with E-state index in [4.69, 9.17) is 23.2 Å². The van der Waals surface area contributed by atoms with Gasteiger partial charge in [-0.1, -0.05) is 0 Å². The lowest BCUT2D eigenvalue weighted by Gasteiger charge is -2.05. The van der Waals surface area contributed by atoms with Crippen LogP contribution in [0.4, 0.5) is 0 Å². The Morgan fingerprint density at radius 3 is 1.36 bits per heavy atom. The molecule has 0 fully saturated rings. The van der Waals surface area contributed by atoms with Gasteiger partial charge >= 0.3 is 0 Å².